The third-order valence-corrected chi connectivity index (χ3v) is 7.80. The lowest BCUT2D eigenvalue weighted by molar-refractivity contribution is 0.0226. The molecule has 2 aromatic rings. The number of aliphatic hydroxyl groups is 1. The van der Waals surface area contributed by atoms with Gasteiger partial charge < -0.3 is 19.7 Å². The Morgan fingerprint density at radius 1 is 1.29 bits per heavy atom. The number of hydrogen-bond donors (Lipinski definition) is 2. The maximum atomic E-state index is 12.5. The molecule has 1 aromatic heterocycles. The zero-order valence-corrected chi connectivity index (χ0v) is 17.1. The van der Waals surface area contributed by atoms with Crippen molar-refractivity contribution in [3.05, 3.63) is 29.5 Å². The average molecular weight is 406 g/mol. The van der Waals surface area contributed by atoms with E-state index in [2.05, 4.69) is 16.0 Å². The lowest BCUT2D eigenvalue weighted by atomic mass is 9.69. The lowest BCUT2D eigenvalue weighted by Crippen LogP contribution is -2.67. The minimum absolute atomic E-state index is 0.230. The van der Waals surface area contributed by atoms with Gasteiger partial charge in [0, 0.05) is 54.3 Å². The van der Waals surface area contributed by atoms with Crippen molar-refractivity contribution in [2.75, 3.05) is 46.2 Å². The topological polar surface area (TPSA) is 85.9 Å². The molecule has 0 unspecified atom stereocenters. The largest absolute Gasteiger partial charge is 0.497 e. The first kappa shape index (κ1) is 18.4. The number of likely N-dealkylation sites (tertiary alicyclic amines) is 1. The van der Waals surface area contributed by atoms with E-state index in [0.717, 1.165) is 47.9 Å². The first-order valence-corrected chi connectivity index (χ1v) is 11.7. The van der Waals surface area contributed by atoms with Crippen molar-refractivity contribution in [2.24, 2.45) is 5.92 Å². The highest BCUT2D eigenvalue weighted by Crippen LogP contribution is 2.49. The Hall–Kier alpha value is -1.61. The van der Waals surface area contributed by atoms with Crippen LogP contribution in [0.1, 0.15) is 30.1 Å². The van der Waals surface area contributed by atoms with Gasteiger partial charge in [-0.25, -0.2) is 8.42 Å². The molecule has 1 saturated carbocycles. The number of H-pyrrole nitrogens is 1. The van der Waals surface area contributed by atoms with Crippen LogP contribution in [0.15, 0.2) is 18.2 Å². The van der Waals surface area contributed by atoms with Crippen LogP contribution in [0, 0.1) is 5.92 Å². The molecule has 28 heavy (non-hydrogen) atoms. The van der Waals surface area contributed by atoms with E-state index >= 15 is 0 Å². The highest BCUT2D eigenvalue weighted by molar-refractivity contribution is 7.88. The molecule has 2 fully saturated rings. The predicted molar refractivity (Wildman–Crippen MR) is 107 cm³/mol. The van der Waals surface area contributed by atoms with E-state index in [1.165, 1.54) is 29.0 Å². The monoisotopic (exact) mass is 405 g/mol. The van der Waals surface area contributed by atoms with Crippen molar-refractivity contribution in [1.82, 2.24) is 14.2 Å². The normalized spacial score (nSPS) is 25.0. The summed E-state index contributed by atoms with van der Waals surface area (Å²) in [6, 6.07) is 5.37. The zero-order chi connectivity index (χ0) is 19.7. The van der Waals surface area contributed by atoms with Crippen LogP contribution in [0.4, 0.5) is 0 Å². The first-order chi connectivity index (χ1) is 13.3. The van der Waals surface area contributed by atoms with Crippen LogP contribution < -0.4 is 4.74 Å². The van der Waals surface area contributed by atoms with Crippen molar-refractivity contribution in [3.8, 4) is 5.75 Å². The van der Waals surface area contributed by atoms with Gasteiger partial charge >= 0.3 is 0 Å². The van der Waals surface area contributed by atoms with Crippen LogP contribution in [0.25, 0.3) is 10.9 Å². The van der Waals surface area contributed by atoms with Crippen LogP contribution in [-0.4, -0.2) is 73.9 Å². The number of sulfonamides is 1. The fourth-order valence-corrected chi connectivity index (χ4v) is 6.29. The number of aromatic amines is 1. The summed E-state index contributed by atoms with van der Waals surface area (Å²) < 4.78 is 31.9. The molecule has 3 aliphatic rings. The smallest absolute Gasteiger partial charge is 0.211 e. The molecule has 1 aliphatic carbocycles. The molecule has 1 atom stereocenters. The minimum atomic E-state index is -3.45. The van der Waals surface area contributed by atoms with Gasteiger partial charge in [0.15, 0.2) is 0 Å². The first-order valence-electron chi connectivity index (χ1n) is 9.85. The number of fused-ring (bicyclic) bond motifs is 4. The number of rotatable bonds is 5. The highest BCUT2D eigenvalue weighted by atomic mass is 32.2. The van der Waals surface area contributed by atoms with E-state index in [4.69, 9.17) is 4.74 Å². The standard InChI is InChI=1S/C20H27N3O4S/c1-27-14-5-6-15-16(7-14)21-19-17(9-24)23(28(2,25)26)12-20(18(15)19)10-22(11-20)8-13-3-4-13/h5-7,13,17,21,24H,3-4,8-12H2,1-2H3/t17-/m1/s1. The van der Waals surface area contributed by atoms with Crippen molar-refractivity contribution < 1.29 is 18.3 Å². The molecule has 1 aromatic carbocycles. The third-order valence-electron chi connectivity index (χ3n) is 6.57. The molecule has 1 saturated heterocycles. The van der Waals surface area contributed by atoms with E-state index in [-0.39, 0.29) is 12.0 Å². The van der Waals surface area contributed by atoms with Crippen LogP contribution >= 0.6 is 0 Å². The second kappa shape index (κ2) is 6.19. The van der Waals surface area contributed by atoms with Gasteiger partial charge in [0.2, 0.25) is 10.0 Å². The number of aromatic nitrogens is 1. The van der Waals surface area contributed by atoms with Gasteiger partial charge in [0.05, 0.1) is 26.0 Å². The number of methoxy groups -OCH3 is 1. The number of hydrogen-bond acceptors (Lipinski definition) is 5. The van der Waals surface area contributed by atoms with Crippen LogP contribution in [0.5, 0.6) is 5.75 Å². The van der Waals surface area contributed by atoms with E-state index in [1.54, 1.807) is 7.11 Å². The second-order valence-electron chi connectivity index (χ2n) is 8.73. The zero-order valence-electron chi connectivity index (χ0n) is 16.3. The predicted octanol–water partition coefficient (Wildman–Crippen LogP) is 1.45. The van der Waals surface area contributed by atoms with Gasteiger partial charge in [-0.15, -0.1) is 0 Å². The van der Waals surface area contributed by atoms with Crippen LogP contribution in [-0.2, 0) is 15.4 Å². The average Bonchev–Trinajstić information content (AvgIpc) is 3.36. The quantitative estimate of drug-likeness (QED) is 0.786. The van der Waals surface area contributed by atoms with Gasteiger partial charge in [-0.05, 0) is 36.5 Å². The SMILES string of the molecule is COc1ccc2c3c([nH]c2c1)[C@@H](CO)N(S(C)(=O)=O)CC31CN(CC2CC2)C1. The number of ether oxygens (including phenoxy) is 1. The summed E-state index contributed by atoms with van der Waals surface area (Å²) in [6.45, 7) is 3.00. The summed E-state index contributed by atoms with van der Waals surface area (Å²) in [5.41, 5.74) is 2.70. The highest BCUT2D eigenvalue weighted by Gasteiger charge is 2.54. The maximum absolute atomic E-state index is 12.5. The summed E-state index contributed by atoms with van der Waals surface area (Å²) >= 11 is 0. The fraction of sp³-hybridized carbons (Fsp3) is 0.600. The van der Waals surface area contributed by atoms with E-state index in [9.17, 15) is 13.5 Å². The molecule has 5 rings (SSSR count). The van der Waals surface area contributed by atoms with Crippen molar-refractivity contribution >= 4 is 20.9 Å². The lowest BCUT2D eigenvalue weighted by Gasteiger charge is -2.55. The molecule has 2 N–H and O–H groups in total. The number of aliphatic hydroxyl groups excluding tert-OH is 1. The van der Waals surface area contributed by atoms with Gasteiger partial charge in [-0.1, -0.05) is 0 Å². The van der Waals surface area contributed by atoms with Gasteiger partial charge in [-0.3, -0.25) is 0 Å². The summed E-state index contributed by atoms with van der Waals surface area (Å²) in [4.78, 5) is 5.87. The van der Waals surface area contributed by atoms with Crippen LogP contribution in [0.2, 0.25) is 0 Å². The molecular formula is C20H27N3O4S. The Morgan fingerprint density at radius 3 is 2.64 bits per heavy atom. The summed E-state index contributed by atoms with van der Waals surface area (Å²) in [5.74, 6) is 1.56. The van der Waals surface area contributed by atoms with E-state index in [1.807, 2.05) is 12.1 Å². The molecule has 1 spiro atoms. The molecule has 0 radical (unpaired) electrons. The minimum Gasteiger partial charge on any atom is -0.497 e. The molecule has 3 heterocycles. The third kappa shape index (κ3) is 2.77. The molecule has 0 amide bonds. The van der Waals surface area contributed by atoms with Crippen molar-refractivity contribution in [3.63, 3.8) is 0 Å². The number of nitrogens with zero attached hydrogens (tertiary/aromatic N) is 2. The Morgan fingerprint density at radius 2 is 2.04 bits per heavy atom. The Bertz CT molecular complexity index is 1020. The molecule has 2 aliphatic heterocycles. The second-order valence-corrected chi connectivity index (χ2v) is 10.7. The van der Waals surface area contributed by atoms with E-state index < -0.39 is 16.1 Å². The number of benzene rings is 1. The van der Waals surface area contributed by atoms with Gasteiger partial charge in [-0.2, -0.15) is 4.31 Å². The Kier molecular flexibility index (Phi) is 4.07. The maximum Gasteiger partial charge on any atom is 0.211 e. The van der Waals surface area contributed by atoms with Crippen LogP contribution in [0.3, 0.4) is 0 Å². The molecule has 8 heteroatoms. The van der Waals surface area contributed by atoms with Crippen molar-refractivity contribution in [2.45, 2.75) is 24.3 Å². The number of nitrogens with one attached hydrogen (secondary N) is 1. The Labute approximate surface area is 165 Å². The molecule has 152 valence electrons. The summed E-state index contributed by atoms with van der Waals surface area (Å²) in [7, 11) is -1.81. The fourth-order valence-electron chi connectivity index (χ4n) is 5.17. The van der Waals surface area contributed by atoms with Gasteiger partial charge in [0.1, 0.15) is 5.75 Å². The summed E-state index contributed by atoms with van der Waals surface area (Å²) in [6.07, 6.45) is 3.86. The molecular weight excluding hydrogens is 378 g/mol. The molecule has 0 bridgehead atoms. The Balaban J connectivity index is 1.64. The van der Waals surface area contributed by atoms with Gasteiger partial charge in [0.25, 0.3) is 0 Å². The van der Waals surface area contributed by atoms with Crippen molar-refractivity contribution in [1.29, 1.82) is 0 Å². The summed E-state index contributed by atoms with van der Waals surface area (Å²) in [5, 5.41) is 11.2. The molecule has 7 nitrogen and oxygen atoms in total. The van der Waals surface area contributed by atoms with E-state index in [0.29, 0.717) is 6.54 Å².